The lowest BCUT2D eigenvalue weighted by atomic mass is 9.96. The molecule has 0 radical (unpaired) electrons. The lowest BCUT2D eigenvalue weighted by molar-refractivity contribution is -0.151. The van der Waals surface area contributed by atoms with Crippen LogP contribution in [0.3, 0.4) is 0 Å². The molecule has 1 aliphatic carbocycles. The van der Waals surface area contributed by atoms with Gasteiger partial charge in [-0.05, 0) is 55.9 Å². The molecule has 0 bridgehead atoms. The number of likely N-dealkylation sites (tertiary alicyclic amines) is 1. The van der Waals surface area contributed by atoms with Crippen LogP contribution in [0.15, 0.2) is 54.6 Å². The molecule has 0 unspecified atom stereocenters. The number of benzene rings is 2. The zero-order chi connectivity index (χ0) is 24.6. The van der Waals surface area contributed by atoms with Gasteiger partial charge >= 0.3 is 5.97 Å². The number of carbonyl (C=O) groups is 3. The average Bonchev–Trinajstić information content (AvgIpc) is 3.43. The largest absolute Gasteiger partial charge is 0.466 e. The van der Waals surface area contributed by atoms with Crippen molar-refractivity contribution in [1.82, 2.24) is 4.90 Å². The Morgan fingerprint density at radius 3 is 2.14 bits per heavy atom. The minimum Gasteiger partial charge on any atom is -0.466 e. The predicted molar refractivity (Wildman–Crippen MR) is 136 cm³/mol. The van der Waals surface area contributed by atoms with Crippen molar-refractivity contribution in [2.75, 3.05) is 24.6 Å². The normalized spacial score (nSPS) is 16.8. The number of nitrogens with zero attached hydrogens (tertiary/aromatic N) is 2. The molecule has 4 rings (SSSR count). The van der Waals surface area contributed by atoms with E-state index in [4.69, 9.17) is 4.74 Å². The van der Waals surface area contributed by atoms with E-state index >= 15 is 0 Å². The predicted octanol–water partition coefficient (Wildman–Crippen LogP) is 4.75. The number of hydrogen-bond donors (Lipinski definition) is 0. The summed E-state index contributed by atoms with van der Waals surface area (Å²) in [6, 6.07) is 17.9. The Morgan fingerprint density at radius 2 is 1.51 bits per heavy atom. The van der Waals surface area contributed by atoms with Crippen LogP contribution in [0.2, 0.25) is 0 Å². The van der Waals surface area contributed by atoms with Gasteiger partial charge in [-0.15, -0.1) is 0 Å². The summed E-state index contributed by atoms with van der Waals surface area (Å²) in [7, 11) is 0. The first-order valence-corrected chi connectivity index (χ1v) is 12.9. The molecule has 2 amide bonds. The van der Waals surface area contributed by atoms with Gasteiger partial charge in [0.1, 0.15) is 0 Å². The van der Waals surface area contributed by atoms with Crippen LogP contribution in [0.5, 0.6) is 0 Å². The van der Waals surface area contributed by atoms with Gasteiger partial charge in [0.05, 0.1) is 25.5 Å². The quantitative estimate of drug-likeness (QED) is 0.516. The number of rotatable bonds is 8. The second-order valence-electron chi connectivity index (χ2n) is 9.64. The van der Waals surface area contributed by atoms with Crippen molar-refractivity contribution < 1.29 is 19.1 Å². The molecule has 0 aromatic heterocycles. The fourth-order valence-electron chi connectivity index (χ4n) is 5.16. The minimum absolute atomic E-state index is 0.0724. The summed E-state index contributed by atoms with van der Waals surface area (Å²) in [6.45, 7) is 3.92. The van der Waals surface area contributed by atoms with Crippen LogP contribution in [-0.2, 0) is 32.1 Å². The second kappa shape index (κ2) is 12.0. The van der Waals surface area contributed by atoms with E-state index in [0.29, 0.717) is 45.5 Å². The molecule has 1 saturated heterocycles. The maximum Gasteiger partial charge on any atom is 0.309 e. The van der Waals surface area contributed by atoms with Gasteiger partial charge in [-0.2, -0.15) is 0 Å². The van der Waals surface area contributed by atoms with E-state index < -0.39 is 0 Å². The van der Waals surface area contributed by atoms with Gasteiger partial charge in [0.25, 0.3) is 0 Å². The fraction of sp³-hybridized carbons (Fsp3) is 0.483. The molecule has 6 nitrogen and oxygen atoms in total. The SMILES string of the molecule is CCOC(=O)C1CCN(C(=O)Cc2ccc(N(Cc3ccccc3)C(=O)C3CCCC3)cc2)CC1. The summed E-state index contributed by atoms with van der Waals surface area (Å²) < 4.78 is 5.12. The van der Waals surface area contributed by atoms with Crippen LogP contribution in [0.1, 0.15) is 56.6 Å². The van der Waals surface area contributed by atoms with E-state index in [1.807, 2.05) is 71.3 Å². The van der Waals surface area contributed by atoms with Crippen LogP contribution in [-0.4, -0.2) is 42.4 Å². The first kappa shape index (κ1) is 25.0. The van der Waals surface area contributed by atoms with Gasteiger partial charge in [-0.1, -0.05) is 55.3 Å². The monoisotopic (exact) mass is 476 g/mol. The van der Waals surface area contributed by atoms with Gasteiger partial charge < -0.3 is 14.5 Å². The van der Waals surface area contributed by atoms with Crippen LogP contribution in [0.4, 0.5) is 5.69 Å². The average molecular weight is 477 g/mol. The maximum absolute atomic E-state index is 13.4. The molecule has 0 atom stereocenters. The Labute approximate surface area is 208 Å². The first-order valence-electron chi connectivity index (χ1n) is 12.9. The molecular weight excluding hydrogens is 440 g/mol. The van der Waals surface area contributed by atoms with E-state index in [1.165, 1.54) is 0 Å². The van der Waals surface area contributed by atoms with Crippen molar-refractivity contribution in [3.05, 3.63) is 65.7 Å². The van der Waals surface area contributed by atoms with Gasteiger partial charge in [0.15, 0.2) is 0 Å². The highest BCUT2D eigenvalue weighted by Gasteiger charge is 2.29. The standard InChI is InChI=1S/C29H36N2O4/c1-2-35-29(34)25-16-18-30(19-17-25)27(32)20-22-12-14-26(15-13-22)31(21-23-8-4-3-5-9-23)28(33)24-10-6-7-11-24/h3-5,8-9,12-15,24-25H,2,6-7,10-11,16-21H2,1H3. The summed E-state index contributed by atoms with van der Waals surface area (Å²) in [5.74, 6) is 0.106. The number of ether oxygens (including phenoxy) is 1. The van der Waals surface area contributed by atoms with E-state index in [1.54, 1.807) is 0 Å². The Kier molecular flexibility index (Phi) is 8.56. The maximum atomic E-state index is 13.4. The van der Waals surface area contributed by atoms with E-state index in [2.05, 4.69) is 0 Å². The Bertz CT molecular complexity index is 991. The van der Waals surface area contributed by atoms with Crippen molar-refractivity contribution in [3.63, 3.8) is 0 Å². The summed E-state index contributed by atoms with van der Waals surface area (Å²) in [5.41, 5.74) is 2.90. The van der Waals surface area contributed by atoms with Crippen molar-refractivity contribution >= 4 is 23.5 Å². The number of esters is 1. The summed E-state index contributed by atoms with van der Waals surface area (Å²) >= 11 is 0. The number of carbonyl (C=O) groups excluding carboxylic acids is 3. The zero-order valence-electron chi connectivity index (χ0n) is 20.7. The third-order valence-electron chi connectivity index (χ3n) is 7.22. The van der Waals surface area contributed by atoms with Gasteiger partial charge in [-0.25, -0.2) is 0 Å². The lowest BCUT2D eigenvalue weighted by Crippen LogP contribution is -2.41. The topological polar surface area (TPSA) is 66.9 Å². The van der Waals surface area contributed by atoms with E-state index in [0.717, 1.165) is 42.5 Å². The highest BCUT2D eigenvalue weighted by atomic mass is 16.5. The molecular formula is C29H36N2O4. The number of piperidine rings is 1. The van der Waals surface area contributed by atoms with Gasteiger partial charge in [0, 0.05) is 24.7 Å². The first-order chi connectivity index (χ1) is 17.0. The van der Waals surface area contributed by atoms with Crippen LogP contribution in [0, 0.1) is 11.8 Å². The Balaban J connectivity index is 1.39. The Morgan fingerprint density at radius 1 is 0.857 bits per heavy atom. The molecule has 0 spiro atoms. The lowest BCUT2D eigenvalue weighted by Gasteiger charge is -2.31. The van der Waals surface area contributed by atoms with Crippen molar-refractivity contribution in [1.29, 1.82) is 0 Å². The molecule has 186 valence electrons. The molecule has 2 aromatic rings. The fourth-order valence-corrected chi connectivity index (χ4v) is 5.16. The molecule has 2 fully saturated rings. The van der Waals surface area contributed by atoms with Crippen LogP contribution < -0.4 is 4.90 Å². The molecule has 1 aliphatic heterocycles. The summed E-state index contributed by atoms with van der Waals surface area (Å²) in [6.07, 6.45) is 5.79. The summed E-state index contributed by atoms with van der Waals surface area (Å²) in [4.78, 5) is 41.9. The van der Waals surface area contributed by atoms with Crippen molar-refractivity contribution in [2.24, 2.45) is 11.8 Å². The van der Waals surface area contributed by atoms with Crippen molar-refractivity contribution in [2.45, 2.75) is 58.4 Å². The minimum atomic E-state index is -0.151. The molecule has 2 aromatic carbocycles. The highest BCUT2D eigenvalue weighted by Crippen LogP contribution is 2.30. The van der Waals surface area contributed by atoms with Crippen molar-refractivity contribution in [3.8, 4) is 0 Å². The van der Waals surface area contributed by atoms with Crippen LogP contribution in [0.25, 0.3) is 0 Å². The van der Waals surface area contributed by atoms with Crippen LogP contribution >= 0.6 is 0 Å². The molecule has 6 heteroatoms. The number of anilines is 1. The molecule has 1 heterocycles. The smallest absolute Gasteiger partial charge is 0.309 e. The van der Waals surface area contributed by atoms with Gasteiger partial charge in [0.2, 0.25) is 11.8 Å². The number of amides is 2. The number of hydrogen-bond acceptors (Lipinski definition) is 4. The molecule has 2 aliphatic rings. The van der Waals surface area contributed by atoms with E-state index in [-0.39, 0.29) is 29.6 Å². The second-order valence-corrected chi connectivity index (χ2v) is 9.64. The summed E-state index contributed by atoms with van der Waals surface area (Å²) in [5, 5.41) is 0. The molecule has 35 heavy (non-hydrogen) atoms. The third kappa shape index (κ3) is 6.50. The highest BCUT2D eigenvalue weighted by molar-refractivity contribution is 5.95. The molecule has 0 N–H and O–H groups in total. The van der Waals surface area contributed by atoms with E-state index in [9.17, 15) is 14.4 Å². The Hall–Kier alpha value is -3.15. The zero-order valence-corrected chi connectivity index (χ0v) is 20.7. The van der Waals surface area contributed by atoms with Gasteiger partial charge in [-0.3, -0.25) is 14.4 Å². The molecule has 1 saturated carbocycles. The third-order valence-corrected chi connectivity index (χ3v) is 7.22.